The molecule has 0 unspecified atom stereocenters. The van der Waals surface area contributed by atoms with Crippen molar-refractivity contribution < 1.29 is 8.78 Å². The number of hydrogen-bond donors (Lipinski definition) is 1. The highest BCUT2D eigenvalue weighted by atomic mass is 79.9. The monoisotopic (exact) mass is 353 g/mol. The molecule has 0 atom stereocenters. The molecule has 0 saturated carbocycles. The standard InChI is InChI=1S/C14H10BrF2N3O/c1-2-5-20-14(21)13(15)12(8-19-20)18-7-9-3-4-10(16)11(17)6-9/h1,3-4,6,8,18H,5,7H2. The van der Waals surface area contributed by atoms with Crippen LogP contribution in [0.2, 0.25) is 0 Å². The Kier molecular flexibility index (Phi) is 4.70. The lowest BCUT2D eigenvalue weighted by Gasteiger charge is -2.09. The second-order valence-electron chi connectivity index (χ2n) is 4.14. The number of anilines is 1. The van der Waals surface area contributed by atoms with Crippen molar-refractivity contribution in [3.63, 3.8) is 0 Å². The lowest BCUT2D eigenvalue weighted by Crippen LogP contribution is -2.24. The van der Waals surface area contributed by atoms with Crippen LogP contribution in [0.3, 0.4) is 0 Å². The van der Waals surface area contributed by atoms with Crippen LogP contribution in [0.5, 0.6) is 0 Å². The molecule has 2 aromatic rings. The summed E-state index contributed by atoms with van der Waals surface area (Å²) in [6, 6.07) is 3.58. The van der Waals surface area contributed by atoms with E-state index in [9.17, 15) is 13.6 Å². The van der Waals surface area contributed by atoms with Crippen LogP contribution in [0.4, 0.5) is 14.5 Å². The van der Waals surface area contributed by atoms with Gasteiger partial charge < -0.3 is 5.32 Å². The molecule has 0 amide bonds. The molecule has 1 N–H and O–H groups in total. The number of aromatic nitrogens is 2. The van der Waals surface area contributed by atoms with Crippen LogP contribution in [0, 0.1) is 24.0 Å². The van der Waals surface area contributed by atoms with Crippen molar-refractivity contribution in [2.24, 2.45) is 0 Å². The first-order valence-electron chi connectivity index (χ1n) is 5.90. The molecule has 1 aromatic heterocycles. The fourth-order valence-corrected chi connectivity index (χ4v) is 2.08. The third kappa shape index (κ3) is 3.47. The molecule has 0 bridgehead atoms. The summed E-state index contributed by atoms with van der Waals surface area (Å²) in [4.78, 5) is 11.9. The summed E-state index contributed by atoms with van der Waals surface area (Å²) in [5, 5.41) is 6.83. The summed E-state index contributed by atoms with van der Waals surface area (Å²) in [7, 11) is 0. The second kappa shape index (κ2) is 6.50. The Morgan fingerprint density at radius 3 is 2.81 bits per heavy atom. The summed E-state index contributed by atoms with van der Waals surface area (Å²) < 4.78 is 27.3. The molecule has 4 nitrogen and oxygen atoms in total. The molecule has 0 saturated heterocycles. The van der Waals surface area contributed by atoms with E-state index in [1.807, 2.05) is 0 Å². The van der Waals surface area contributed by atoms with Gasteiger partial charge in [-0.15, -0.1) is 6.42 Å². The molecule has 0 spiro atoms. The van der Waals surface area contributed by atoms with E-state index in [0.29, 0.717) is 11.3 Å². The first kappa shape index (κ1) is 15.2. The van der Waals surface area contributed by atoms with Gasteiger partial charge in [0.1, 0.15) is 11.0 Å². The van der Waals surface area contributed by atoms with E-state index in [2.05, 4.69) is 32.3 Å². The first-order chi connectivity index (χ1) is 10.0. The molecule has 108 valence electrons. The number of terminal acetylenes is 1. The van der Waals surface area contributed by atoms with Gasteiger partial charge in [-0.3, -0.25) is 4.79 Å². The van der Waals surface area contributed by atoms with E-state index in [1.165, 1.54) is 12.3 Å². The normalized spacial score (nSPS) is 10.2. The molecule has 1 aromatic carbocycles. The van der Waals surface area contributed by atoms with Crippen LogP contribution in [-0.4, -0.2) is 9.78 Å². The Hall–Kier alpha value is -2.20. The summed E-state index contributed by atoms with van der Waals surface area (Å²) >= 11 is 3.16. The molecule has 2 rings (SSSR count). The van der Waals surface area contributed by atoms with Crippen molar-refractivity contribution in [1.82, 2.24) is 9.78 Å². The summed E-state index contributed by atoms with van der Waals surface area (Å²) in [6.45, 7) is 0.289. The molecule has 0 aliphatic heterocycles. The van der Waals surface area contributed by atoms with E-state index in [0.717, 1.165) is 16.8 Å². The molecule has 0 aliphatic rings. The van der Waals surface area contributed by atoms with Crippen LogP contribution < -0.4 is 10.9 Å². The number of hydrogen-bond acceptors (Lipinski definition) is 3. The van der Waals surface area contributed by atoms with Gasteiger partial charge >= 0.3 is 0 Å². The van der Waals surface area contributed by atoms with E-state index in [-0.39, 0.29) is 23.1 Å². The Balaban J connectivity index is 2.17. The highest BCUT2D eigenvalue weighted by Crippen LogP contribution is 2.17. The second-order valence-corrected chi connectivity index (χ2v) is 4.93. The smallest absolute Gasteiger partial charge is 0.284 e. The van der Waals surface area contributed by atoms with E-state index >= 15 is 0 Å². The van der Waals surface area contributed by atoms with Crippen molar-refractivity contribution in [2.45, 2.75) is 13.1 Å². The van der Waals surface area contributed by atoms with Gasteiger partial charge in [0.2, 0.25) is 0 Å². The predicted octanol–water partition coefficient (Wildman–Crippen LogP) is 2.53. The minimum absolute atomic E-state index is 0.0703. The van der Waals surface area contributed by atoms with Crippen LogP contribution in [-0.2, 0) is 13.1 Å². The summed E-state index contributed by atoms with van der Waals surface area (Å²) in [5.74, 6) is 0.498. The van der Waals surface area contributed by atoms with Gasteiger partial charge in [0.05, 0.1) is 11.9 Å². The minimum Gasteiger partial charge on any atom is -0.379 e. The van der Waals surface area contributed by atoms with Crippen molar-refractivity contribution >= 4 is 21.6 Å². The Morgan fingerprint density at radius 2 is 2.14 bits per heavy atom. The number of halogens is 3. The van der Waals surface area contributed by atoms with Crippen molar-refractivity contribution in [3.05, 3.63) is 56.4 Å². The molecular weight excluding hydrogens is 344 g/mol. The molecule has 7 heteroatoms. The average molecular weight is 354 g/mol. The lowest BCUT2D eigenvalue weighted by molar-refractivity contribution is 0.507. The maximum Gasteiger partial charge on any atom is 0.284 e. The third-order valence-corrected chi connectivity index (χ3v) is 3.46. The average Bonchev–Trinajstić information content (AvgIpc) is 2.47. The van der Waals surface area contributed by atoms with Gasteiger partial charge in [-0.25, -0.2) is 13.5 Å². The van der Waals surface area contributed by atoms with Crippen LogP contribution >= 0.6 is 15.9 Å². The van der Waals surface area contributed by atoms with Gasteiger partial charge in [-0.05, 0) is 33.6 Å². The summed E-state index contributed by atoms with van der Waals surface area (Å²) in [6.07, 6.45) is 6.57. The maximum atomic E-state index is 13.1. The largest absolute Gasteiger partial charge is 0.379 e. The van der Waals surface area contributed by atoms with Crippen molar-refractivity contribution in [3.8, 4) is 12.3 Å². The third-order valence-electron chi connectivity index (χ3n) is 2.69. The van der Waals surface area contributed by atoms with E-state index < -0.39 is 11.6 Å². The van der Waals surface area contributed by atoms with Crippen molar-refractivity contribution in [2.75, 3.05) is 5.32 Å². The minimum atomic E-state index is -0.920. The van der Waals surface area contributed by atoms with Gasteiger partial charge in [0.25, 0.3) is 5.56 Å². The number of benzene rings is 1. The highest BCUT2D eigenvalue weighted by Gasteiger charge is 2.08. The lowest BCUT2D eigenvalue weighted by atomic mass is 10.2. The molecule has 0 radical (unpaired) electrons. The fraction of sp³-hybridized carbons (Fsp3) is 0.143. The van der Waals surface area contributed by atoms with Gasteiger partial charge in [-0.2, -0.15) is 5.10 Å². The Labute approximate surface area is 127 Å². The molecule has 0 aliphatic carbocycles. The highest BCUT2D eigenvalue weighted by molar-refractivity contribution is 9.10. The van der Waals surface area contributed by atoms with Gasteiger partial charge in [0.15, 0.2) is 11.6 Å². The Bertz CT molecular complexity index is 768. The molecular formula is C14H10BrF2N3O. The number of nitrogens with one attached hydrogen (secondary N) is 1. The van der Waals surface area contributed by atoms with Crippen molar-refractivity contribution in [1.29, 1.82) is 0 Å². The predicted molar refractivity (Wildman–Crippen MR) is 78.7 cm³/mol. The fourth-order valence-electron chi connectivity index (χ4n) is 1.63. The van der Waals surface area contributed by atoms with Crippen LogP contribution in [0.15, 0.2) is 33.7 Å². The zero-order chi connectivity index (χ0) is 15.4. The van der Waals surface area contributed by atoms with E-state index in [1.54, 1.807) is 0 Å². The topological polar surface area (TPSA) is 46.9 Å². The Morgan fingerprint density at radius 1 is 1.38 bits per heavy atom. The van der Waals surface area contributed by atoms with Crippen LogP contribution in [0.25, 0.3) is 0 Å². The van der Waals surface area contributed by atoms with Gasteiger partial charge in [-0.1, -0.05) is 12.0 Å². The zero-order valence-corrected chi connectivity index (χ0v) is 12.3. The van der Waals surface area contributed by atoms with E-state index in [4.69, 9.17) is 6.42 Å². The maximum absolute atomic E-state index is 13.1. The quantitative estimate of drug-likeness (QED) is 0.859. The molecule has 21 heavy (non-hydrogen) atoms. The number of nitrogens with zero attached hydrogens (tertiary/aromatic N) is 2. The van der Waals surface area contributed by atoms with Gasteiger partial charge in [0, 0.05) is 6.54 Å². The molecule has 1 heterocycles. The SMILES string of the molecule is C#CCn1ncc(NCc2ccc(F)c(F)c2)c(Br)c1=O. The first-order valence-corrected chi connectivity index (χ1v) is 6.69. The number of rotatable bonds is 4. The van der Waals surface area contributed by atoms with Crippen LogP contribution in [0.1, 0.15) is 5.56 Å². The zero-order valence-electron chi connectivity index (χ0n) is 10.7. The molecule has 0 fully saturated rings. The summed E-state index contributed by atoms with van der Waals surface area (Å²) in [5.41, 5.74) is 0.606.